The maximum atomic E-state index is 6.16. The summed E-state index contributed by atoms with van der Waals surface area (Å²) in [6.45, 7) is 8.76. The molecule has 3 nitrogen and oxygen atoms in total. The lowest BCUT2D eigenvalue weighted by Crippen LogP contribution is -2.15. The smallest absolute Gasteiger partial charge is 0.0641 e. The van der Waals surface area contributed by atoms with Crippen LogP contribution in [0.3, 0.4) is 0 Å². The SMILES string of the molecule is Cc1nn(C)cc1C(N)CCC(C)(C)C. The van der Waals surface area contributed by atoms with Crippen molar-refractivity contribution < 1.29 is 0 Å². The second-order valence-corrected chi connectivity index (χ2v) is 5.55. The van der Waals surface area contributed by atoms with Crippen molar-refractivity contribution in [3.8, 4) is 0 Å². The highest BCUT2D eigenvalue weighted by atomic mass is 15.2. The van der Waals surface area contributed by atoms with Crippen molar-refractivity contribution >= 4 is 0 Å². The topological polar surface area (TPSA) is 43.8 Å². The zero-order chi connectivity index (χ0) is 11.6. The normalized spacial score (nSPS) is 14.3. The van der Waals surface area contributed by atoms with Gasteiger partial charge >= 0.3 is 0 Å². The summed E-state index contributed by atoms with van der Waals surface area (Å²) < 4.78 is 1.83. The average molecular weight is 209 g/mol. The van der Waals surface area contributed by atoms with Crippen LogP contribution in [0.5, 0.6) is 0 Å². The zero-order valence-corrected chi connectivity index (χ0v) is 10.5. The number of nitrogens with two attached hydrogens (primary N) is 1. The van der Waals surface area contributed by atoms with Crippen LogP contribution >= 0.6 is 0 Å². The molecule has 2 N–H and O–H groups in total. The predicted octanol–water partition coefficient (Wildman–Crippen LogP) is 2.55. The number of rotatable bonds is 3. The third kappa shape index (κ3) is 3.67. The molecule has 0 spiro atoms. The van der Waals surface area contributed by atoms with E-state index in [0.717, 1.165) is 18.5 Å². The molecule has 0 radical (unpaired) electrons. The lowest BCUT2D eigenvalue weighted by molar-refractivity contribution is 0.349. The molecule has 0 amide bonds. The zero-order valence-electron chi connectivity index (χ0n) is 10.5. The second-order valence-electron chi connectivity index (χ2n) is 5.55. The van der Waals surface area contributed by atoms with E-state index < -0.39 is 0 Å². The van der Waals surface area contributed by atoms with Gasteiger partial charge in [-0.15, -0.1) is 0 Å². The molecule has 0 bridgehead atoms. The summed E-state index contributed by atoms with van der Waals surface area (Å²) in [4.78, 5) is 0. The Kier molecular flexibility index (Phi) is 3.55. The summed E-state index contributed by atoms with van der Waals surface area (Å²) in [5, 5.41) is 4.31. The van der Waals surface area contributed by atoms with E-state index in [1.54, 1.807) is 0 Å². The van der Waals surface area contributed by atoms with Crippen molar-refractivity contribution in [2.24, 2.45) is 18.2 Å². The first-order valence-corrected chi connectivity index (χ1v) is 5.55. The Morgan fingerprint density at radius 1 is 1.47 bits per heavy atom. The predicted molar refractivity (Wildman–Crippen MR) is 63.6 cm³/mol. The molecule has 0 saturated heterocycles. The van der Waals surface area contributed by atoms with Crippen LogP contribution in [0.25, 0.3) is 0 Å². The first-order valence-electron chi connectivity index (χ1n) is 5.55. The number of aryl methyl sites for hydroxylation is 2. The Hall–Kier alpha value is -0.830. The van der Waals surface area contributed by atoms with Crippen LogP contribution in [0.1, 0.15) is 50.9 Å². The van der Waals surface area contributed by atoms with Crippen molar-refractivity contribution in [1.29, 1.82) is 0 Å². The van der Waals surface area contributed by atoms with Crippen molar-refractivity contribution in [2.45, 2.75) is 46.6 Å². The maximum absolute atomic E-state index is 6.16. The number of aromatic nitrogens is 2. The van der Waals surface area contributed by atoms with Crippen LogP contribution in [-0.4, -0.2) is 9.78 Å². The fraction of sp³-hybridized carbons (Fsp3) is 0.750. The molecule has 86 valence electrons. The van der Waals surface area contributed by atoms with Crippen LogP contribution < -0.4 is 5.73 Å². The van der Waals surface area contributed by atoms with Crippen LogP contribution in [0.4, 0.5) is 0 Å². The Morgan fingerprint density at radius 3 is 2.47 bits per heavy atom. The van der Waals surface area contributed by atoms with Gasteiger partial charge < -0.3 is 5.73 Å². The van der Waals surface area contributed by atoms with E-state index in [-0.39, 0.29) is 6.04 Å². The van der Waals surface area contributed by atoms with Crippen molar-refractivity contribution in [2.75, 3.05) is 0 Å². The molecule has 0 fully saturated rings. The molecule has 1 atom stereocenters. The van der Waals surface area contributed by atoms with Gasteiger partial charge in [-0.1, -0.05) is 20.8 Å². The van der Waals surface area contributed by atoms with Gasteiger partial charge in [0.2, 0.25) is 0 Å². The third-order valence-electron chi connectivity index (χ3n) is 2.66. The van der Waals surface area contributed by atoms with E-state index in [9.17, 15) is 0 Å². The number of hydrogen-bond donors (Lipinski definition) is 1. The minimum atomic E-state index is 0.123. The quantitative estimate of drug-likeness (QED) is 0.831. The minimum Gasteiger partial charge on any atom is -0.324 e. The van der Waals surface area contributed by atoms with Crippen molar-refractivity contribution in [3.63, 3.8) is 0 Å². The van der Waals surface area contributed by atoms with Crippen LogP contribution in [0.2, 0.25) is 0 Å². The van der Waals surface area contributed by atoms with Crippen LogP contribution in [0, 0.1) is 12.3 Å². The first kappa shape index (κ1) is 12.2. The molecule has 0 aromatic carbocycles. The molecule has 1 aromatic rings. The van der Waals surface area contributed by atoms with Crippen LogP contribution in [0.15, 0.2) is 6.20 Å². The van der Waals surface area contributed by atoms with Crippen LogP contribution in [-0.2, 0) is 7.05 Å². The molecule has 0 aliphatic carbocycles. The number of hydrogen-bond acceptors (Lipinski definition) is 2. The molecule has 15 heavy (non-hydrogen) atoms. The Bertz CT molecular complexity index is 320. The van der Waals surface area contributed by atoms with E-state index in [4.69, 9.17) is 5.73 Å². The van der Waals surface area contributed by atoms with Gasteiger partial charge in [-0.2, -0.15) is 5.10 Å². The molecule has 3 heteroatoms. The van der Waals surface area contributed by atoms with Crippen molar-refractivity contribution in [3.05, 3.63) is 17.5 Å². The highest BCUT2D eigenvalue weighted by Gasteiger charge is 2.16. The lowest BCUT2D eigenvalue weighted by Gasteiger charge is -2.20. The fourth-order valence-corrected chi connectivity index (χ4v) is 1.73. The molecule has 1 aromatic heterocycles. The Balaban J connectivity index is 2.61. The molecule has 0 saturated carbocycles. The fourth-order valence-electron chi connectivity index (χ4n) is 1.73. The highest BCUT2D eigenvalue weighted by Crippen LogP contribution is 2.26. The van der Waals surface area contributed by atoms with Gasteiger partial charge in [-0.05, 0) is 25.2 Å². The van der Waals surface area contributed by atoms with Crippen molar-refractivity contribution in [1.82, 2.24) is 9.78 Å². The maximum Gasteiger partial charge on any atom is 0.0641 e. The van der Waals surface area contributed by atoms with Gasteiger partial charge in [-0.3, -0.25) is 4.68 Å². The monoisotopic (exact) mass is 209 g/mol. The summed E-state index contributed by atoms with van der Waals surface area (Å²) in [5.41, 5.74) is 8.75. The lowest BCUT2D eigenvalue weighted by atomic mass is 9.87. The summed E-state index contributed by atoms with van der Waals surface area (Å²) in [6.07, 6.45) is 4.20. The van der Waals surface area contributed by atoms with Gasteiger partial charge in [0, 0.05) is 24.8 Å². The van der Waals surface area contributed by atoms with Gasteiger partial charge in [0.25, 0.3) is 0 Å². The molecule has 1 rings (SSSR count). The second kappa shape index (κ2) is 4.35. The average Bonchev–Trinajstić information content (AvgIpc) is 2.40. The molecule has 0 aliphatic rings. The van der Waals surface area contributed by atoms with E-state index in [1.165, 1.54) is 5.56 Å². The van der Waals surface area contributed by atoms with E-state index >= 15 is 0 Å². The van der Waals surface area contributed by atoms with E-state index in [1.807, 2.05) is 24.9 Å². The van der Waals surface area contributed by atoms with Gasteiger partial charge in [0.1, 0.15) is 0 Å². The molecule has 0 aliphatic heterocycles. The first-order chi connectivity index (χ1) is 6.79. The standard InChI is InChI=1S/C12H23N3/c1-9-10(8-15(5)14-9)11(13)6-7-12(2,3)4/h8,11H,6-7,13H2,1-5H3. The molecular weight excluding hydrogens is 186 g/mol. The summed E-state index contributed by atoms with van der Waals surface area (Å²) in [7, 11) is 1.94. The van der Waals surface area contributed by atoms with E-state index in [0.29, 0.717) is 5.41 Å². The summed E-state index contributed by atoms with van der Waals surface area (Å²) >= 11 is 0. The number of nitrogens with zero attached hydrogens (tertiary/aromatic N) is 2. The molecule has 1 unspecified atom stereocenters. The third-order valence-corrected chi connectivity index (χ3v) is 2.66. The highest BCUT2D eigenvalue weighted by molar-refractivity contribution is 5.19. The minimum absolute atomic E-state index is 0.123. The van der Waals surface area contributed by atoms with E-state index in [2.05, 4.69) is 25.9 Å². The van der Waals surface area contributed by atoms with Gasteiger partial charge in [0.05, 0.1) is 5.69 Å². The van der Waals surface area contributed by atoms with Gasteiger partial charge in [0.15, 0.2) is 0 Å². The summed E-state index contributed by atoms with van der Waals surface area (Å²) in [5.74, 6) is 0. The summed E-state index contributed by atoms with van der Waals surface area (Å²) in [6, 6.07) is 0.123. The Morgan fingerprint density at radius 2 is 2.07 bits per heavy atom. The molecule has 1 heterocycles. The Labute approximate surface area is 92.7 Å². The van der Waals surface area contributed by atoms with Gasteiger partial charge in [-0.25, -0.2) is 0 Å². The largest absolute Gasteiger partial charge is 0.324 e. The molecular formula is C12H23N3.